The molecule has 2 aromatic heterocycles. The van der Waals surface area contributed by atoms with Crippen LogP contribution in [0, 0.1) is 5.92 Å². The maximum Gasteiger partial charge on any atom is 0.512 e. The van der Waals surface area contributed by atoms with E-state index in [-0.39, 0.29) is 25.1 Å². The van der Waals surface area contributed by atoms with E-state index in [0.717, 1.165) is 11.3 Å². The summed E-state index contributed by atoms with van der Waals surface area (Å²) < 4.78 is 57.3. The monoisotopic (exact) mass is 468 g/mol. The number of hydrogen-bond acceptors (Lipinski definition) is 6. The average Bonchev–Trinajstić information content (AvgIpc) is 3.35. The molecule has 1 aliphatic rings. The normalized spacial score (nSPS) is 15.8. The number of thiazole rings is 1. The number of rotatable bonds is 5. The van der Waals surface area contributed by atoms with Crippen LogP contribution in [0.15, 0.2) is 29.6 Å². The van der Waals surface area contributed by atoms with E-state index in [4.69, 9.17) is 14.6 Å². The molecule has 11 heteroatoms. The van der Waals surface area contributed by atoms with Crippen LogP contribution in [-0.4, -0.2) is 41.2 Å². The molecule has 170 valence electrons. The minimum absolute atomic E-state index is 0.0381. The minimum atomic E-state index is -4.28. The summed E-state index contributed by atoms with van der Waals surface area (Å²) in [5.74, 6) is -0.474. The third-order valence-corrected chi connectivity index (χ3v) is 6.19. The van der Waals surface area contributed by atoms with Gasteiger partial charge in [0.05, 0.1) is 31.2 Å². The van der Waals surface area contributed by atoms with Crippen molar-refractivity contribution in [3.8, 4) is 33.8 Å². The lowest BCUT2D eigenvalue weighted by Crippen LogP contribution is -2.29. The predicted molar refractivity (Wildman–Crippen MR) is 110 cm³/mol. The van der Waals surface area contributed by atoms with Crippen LogP contribution in [-0.2, 0) is 12.8 Å². The SMILES string of the molecule is COc1ccc(-c2cc3c(n2-c2nc(OC(=O)O)cs2)CCC(C(F)(F)F)C3)c(OC)c1. The molecule has 0 spiro atoms. The highest BCUT2D eigenvalue weighted by Crippen LogP contribution is 2.43. The Morgan fingerprint density at radius 1 is 1.25 bits per heavy atom. The van der Waals surface area contributed by atoms with E-state index >= 15 is 0 Å². The van der Waals surface area contributed by atoms with E-state index in [0.29, 0.717) is 39.1 Å². The van der Waals surface area contributed by atoms with Crippen LogP contribution in [0.5, 0.6) is 17.4 Å². The second kappa shape index (κ2) is 8.38. The van der Waals surface area contributed by atoms with Gasteiger partial charge in [-0.05, 0) is 43.0 Å². The zero-order chi connectivity index (χ0) is 23.0. The summed E-state index contributed by atoms with van der Waals surface area (Å²) in [7, 11) is 3.01. The summed E-state index contributed by atoms with van der Waals surface area (Å²) in [5.41, 5.74) is 2.51. The molecule has 0 bridgehead atoms. The Kier molecular flexibility index (Phi) is 5.76. The zero-order valence-corrected chi connectivity index (χ0v) is 17.9. The minimum Gasteiger partial charge on any atom is -0.497 e. The Hall–Kier alpha value is -3.21. The lowest BCUT2D eigenvalue weighted by Gasteiger charge is -2.25. The molecule has 3 aromatic rings. The maximum atomic E-state index is 13.4. The summed E-state index contributed by atoms with van der Waals surface area (Å²) in [6.45, 7) is 0. The molecular formula is C21H19F3N2O5S. The van der Waals surface area contributed by atoms with Crippen LogP contribution < -0.4 is 14.2 Å². The molecule has 0 saturated carbocycles. The number of carbonyl (C=O) groups is 1. The van der Waals surface area contributed by atoms with Crippen LogP contribution in [0.25, 0.3) is 16.4 Å². The Labute approximate surface area is 185 Å². The van der Waals surface area contributed by atoms with Crippen molar-refractivity contribution in [3.63, 3.8) is 0 Å². The molecule has 0 saturated heterocycles. The number of alkyl halides is 3. The van der Waals surface area contributed by atoms with E-state index in [9.17, 15) is 18.0 Å². The molecule has 0 radical (unpaired) electrons. The van der Waals surface area contributed by atoms with Crippen molar-refractivity contribution in [2.45, 2.75) is 25.4 Å². The Morgan fingerprint density at radius 3 is 2.69 bits per heavy atom. The second-order valence-electron chi connectivity index (χ2n) is 7.22. The number of nitrogens with zero attached hydrogens (tertiary/aromatic N) is 2. The van der Waals surface area contributed by atoms with Gasteiger partial charge in [0.15, 0.2) is 5.13 Å². The van der Waals surface area contributed by atoms with E-state index < -0.39 is 18.2 Å². The summed E-state index contributed by atoms with van der Waals surface area (Å²) in [6.07, 6.45) is -5.75. The van der Waals surface area contributed by atoms with Crippen LogP contribution in [0.4, 0.5) is 18.0 Å². The lowest BCUT2D eigenvalue weighted by atomic mass is 9.87. The van der Waals surface area contributed by atoms with Gasteiger partial charge < -0.3 is 19.3 Å². The first-order valence-corrected chi connectivity index (χ1v) is 10.5. The van der Waals surface area contributed by atoms with Crippen molar-refractivity contribution >= 4 is 17.5 Å². The second-order valence-corrected chi connectivity index (χ2v) is 8.06. The van der Waals surface area contributed by atoms with Gasteiger partial charge in [-0.2, -0.15) is 18.2 Å². The molecule has 0 fully saturated rings. The quantitative estimate of drug-likeness (QED) is 0.509. The highest BCUT2D eigenvalue weighted by molar-refractivity contribution is 7.12. The van der Waals surface area contributed by atoms with Crippen LogP contribution in [0.3, 0.4) is 0 Å². The molecule has 1 atom stereocenters. The molecule has 1 unspecified atom stereocenters. The number of ether oxygens (including phenoxy) is 3. The van der Waals surface area contributed by atoms with Crippen molar-refractivity contribution in [2.75, 3.05) is 14.2 Å². The Morgan fingerprint density at radius 2 is 2.03 bits per heavy atom. The molecule has 1 aromatic carbocycles. The van der Waals surface area contributed by atoms with Gasteiger partial charge in [0.1, 0.15) is 11.5 Å². The molecule has 2 heterocycles. The van der Waals surface area contributed by atoms with Gasteiger partial charge in [-0.15, -0.1) is 11.3 Å². The number of hydrogen-bond donors (Lipinski definition) is 1. The first-order valence-electron chi connectivity index (χ1n) is 9.60. The maximum absolute atomic E-state index is 13.4. The summed E-state index contributed by atoms with van der Waals surface area (Å²) in [6, 6.07) is 6.90. The van der Waals surface area contributed by atoms with E-state index in [1.807, 2.05) is 0 Å². The lowest BCUT2D eigenvalue weighted by molar-refractivity contribution is -0.177. The van der Waals surface area contributed by atoms with Crippen molar-refractivity contribution in [3.05, 3.63) is 40.9 Å². The molecule has 7 nitrogen and oxygen atoms in total. The fourth-order valence-electron chi connectivity index (χ4n) is 3.92. The molecule has 1 aliphatic carbocycles. The van der Waals surface area contributed by atoms with E-state index in [2.05, 4.69) is 9.72 Å². The first-order chi connectivity index (χ1) is 15.2. The summed E-state index contributed by atoms with van der Waals surface area (Å²) in [4.78, 5) is 15.1. The number of carboxylic acid groups (broad SMARTS) is 1. The van der Waals surface area contributed by atoms with Crippen molar-refractivity contribution in [1.82, 2.24) is 9.55 Å². The van der Waals surface area contributed by atoms with Crippen LogP contribution >= 0.6 is 11.3 Å². The standard InChI is InChI=1S/C21H19F3N2O5S/c1-29-13-4-5-14(17(9-13)30-2)16-8-11-7-12(21(22,23)24)3-6-15(11)26(16)19-25-18(10-32-19)31-20(27)28/h4-5,8-10,12H,3,6-7H2,1-2H3,(H,27,28). The third kappa shape index (κ3) is 4.12. The van der Waals surface area contributed by atoms with Crippen LogP contribution in [0.1, 0.15) is 17.7 Å². The fourth-order valence-corrected chi connectivity index (χ4v) is 4.69. The number of fused-ring (bicyclic) bond motifs is 1. The van der Waals surface area contributed by atoms with Gasteiger partial charge in [0.25, 0.3) is 0 Å². The van der Waals surface area contributed by atoms with Gasteiger partial charge in [-0.3, -0.25) is 4.57 Å². The Balaban J connectivity index is 1.87. The smallest absolute Gasteiger partial charge is 0.497 e. The highest BCUT2D eigenvalue weighted by Gasteiger charge is 2.42. The topological polar surface area (TPSA) is 82.8 Å². The summed E-state index contributed by atoms with van der Waals surface area (Å²) in [5, 5.41) is 10.7. The molecular weight excluding hydrogens is 449 g/mol. The number of halogens is 3. The number of methoxy groups -OCH3 is 2. The largest absolute Gasteiger partial charge is 0.512 e. The van der Waals surface area contributed by atoms with Gasteiger partial charge in [-0.1, -0.05) is 0 Å². The number of benzene rings is 1. The fraction of sp³-hybridized carbons (Fsp3) is 0.333. The summed E-state index contributed by atoms with van der Waals surface area (Å²) >= 11 is 1.13. The van der Waals surface area contributed by atoms with E-state index in [1.54, 1.807) is 28.8 Å². The van der Waals surface area contributed by atoms with Crippen molar-refractivity contribution in [1.29, 1.82) is 0 Å². The van der Waals surface area contributed by atoms with Gasteiger partial charge in [0.2, 0.25) is 5.88 Å². The van der Waals surface area contributed by atoms with Crippen molar-refractivity contribution in [2.24, 2.45) is 5.92 Å². The van der Waals surface area contributed by atoms with Crippen molar-refractivity contribution < 1.29 is 37.3 Å². The number of aromatic nitrogens is 2. The average molecular weight is 468 g/mol. The molecule has 0 aliphatic heterocycles. The van der Waals surface area contributed by atoms with Gasteiger partial charge in [0, 0.05) is 17.3 Å². The zero-order valence-electron chi connectivity index (χ0n) is 17.1. The first kappa shape index (κ1) is 22.0. The molecule has 4 rings (SSSR count). The van der Waals surface area contributed by atoms with Gasteiger partial charge in [-0.25, -0.2) is 4.79 Å². The third-order valence-electron chi connectivity index (χ3n) is 5.39. The molecule has 1 N–H and O–H groups in total. The van der Waals surface area contributed by atoms with Gasteiger partial charge >= 0.3 is 12.3 Å². The molecule has 32 heavy (non-hydrogen) atoms. The van der Waals surface area contributed by atoms with E-state index in [1.165, 1.54) is 19.6 Å². The molecule has 0 amide bonds. The predicted octanol–water partition coefficient (Wildman–Crippen LogP) is 5.34. The van der Waals surface area contributed by atoms with Crippen LogP contribution in [0.2, 0.25) is 0 Å². The highest BCUT2D eigenvalue weighted by atomic mass is 32.1. The Bertz CT molecular complexity index is 1150.